The Labute approximate surface area is 113 Å². The van der Waals surface area contributed by atoms with Crippen molar-refractivity contribution < 1.29 is 18.3 Å². The van der Waals surface area contributed by atoms with Crippen LogP contribution in [0.25, 0.3) is 0 Å². The van der Waals surface area contributed by atoms with Crippen molar-refractivity contribution in [2.45, 2.75) is 16.7 Å². The summed E-state index contributed by atoms with van der Waals surface area (Å²) in [6.07, 6.45) is 1.52. The van der Waals surface area contributed by atoms with Crippen LogP contribution in [0.1, 0.15) is 16.1 Å². The fraction of sp³-hybridized carbons (Fsp3) is 0.154. The van der Waals surface area contributed by atoms with E-state index in [1.807, 2.05) is 0 Å². The second kappa shape index (κ2) is 5.36. The first-order valence-corrected chi connectivity index (χ1v) is 6.24. The fourth-order valence-electron chi connectivity index (χ4n) is 1.53. The van der Waals surface area contributed by atoms with Gasteiger partial charge in [-0.2, -0.15) is 0 Å². The Bertz CT molecular complexity index is 624. The quantitative estimate of drug-likeness (QED) is 0.691. The van der Waals surface area contributed by atoms with Crippen LogP contribution in [0.3, 0.4) is 0 Å². The molecule has 1 aromatic heterocycles. The number of hydrogen-bond acceptors (Lipinski definition) is 5. The lowest BCUT2D eigenvalue weighted by atomic mass is 10.2. The minimum absolute atomic E-state index is 0.0533. The van der Waals surface area contributed by atoms with Crippen molar-refractivity contribution in [2.75, 3.05) is 12.8 Å². The first-order chi connectivity index (χ1) is 9.02. The van der Waals surface area contributed by atoms with E-state index in [-0.39, 0.29) is 11.3 Å². The molecule has 0 aliphatic carbocycles. The number of halogens is 1. The monoisotopic (exact) mass is 281 g/mol. The van der Waals surface area contributed by atoms with Crippen LogP contribution in [0.2, 0.25) is 0 Å². The molecule has 0 saturated heterocycles. The highest BCUT2D eigenvalue weighted by Gasteiger charge is 2.16. The number of nitrogen functional groups attached to an aromatic ring is 1. The average Bonchev–Trinajstić information content (AvgIpc) is 2.77. The van der Waals surface area contributed by atoms with Gasteiger partial charge in [-0.15, -0.1) is 0 Å². The first kappa shape index (κ1) is 13.5. The molecule has 0 aliphatic heterocycles. The van der Waals surface area contributed by atoms with Gasteiger partial charge >= 0.3 is 5.97 Å². The summed E-state index contributed by atoms with van der Waals surface area (Å²) in [4.78, 5) is 12.6. The van der Waals surface area contributed by atoms with E-state index in [1.165, 1.54) is 31.2 Å². The number of rotatable bonds is 3. The molecule has 0 spiro atoms. The molecular weight excluding hydrogens is 269 g/mol. The number of nitrogens with two attached hydrogens (primary N) is 1. The van der Waals surface area contributed by atoms with E-state index in [9.17, 15) is 9.18 Å². The third-order valence-corrected chi connectivity index (χ3v) is 3.72. The number of esters is 1. The molecule has 2 N–H and O–H groups in total. The van der Waals surface area contributed by atoms with E-state index in [4.69, 9.17) is 10.2 Å². The standard InChI is InChI=1S/C13H12FNO3S/c1-7-11(3-4-18-7)19-12-5-8(13(16)17-2)10(15)6-9(12)14/h3-6H,15H2,1-2H3. The van der Waals surface area contributed by atoms with Gasteiger partial charge in [0.1, 0.15) is 11.6 Å². The van der Waals surface area contributed by atoms with E-state index in [0.29, 0.717) is 10.7 Å². The summed E-state index contributed by atoms with van der Waals surface area (Å²) in [5.41, 5.74) is 5.80. The minimum atomic E-state index is -0.594. The number of methoxy groups -OCH3 is 1. The minimum Gasteiger partial charge on any atom is -0.468 e. The van der Waals surface area contributed by atoms with Crippen molar-refractivity contribution in [3.05, 3.63) is 41.6 Å². The van der Waals surface area contributed by atoms with Gasteiger partial charge in [-0.3, -0.25) is 0 Å². The lowest BCUT2D eigenvalue weighted by Crippen LogP contribution is -2.06. The molecule has 0 radical (unpaired) electrons. The molecule has 0 bridgehead atoms. The number of furan rings is 1. The lowest BCUT2D eigenvalue weighted by molar-refractivity contribution is 0.0601. The Morgan fingerprint density at radius 2 is 2.16 bits per heavy atom. The summed E-state index contributed by atoms with van der Waals surface area (Å²) in [6, 6.07) is 4.23. The number of ether oxygens (including phenoxy) is 1. The molecule has 6 heteroatoms. The van der Waals surface area contributed by atoms with Gasteiger partial charge in [-0.25, -0.2) is 9.18 Å². The molecule has 19 heavy (non-hydrogen) atoms. The van der Waals surface area contributed by atoms with Gasteiger partial charge in [0.15, 0.2) is 0 Å². The molecule has 2 aromatic rings. The van der Waals surface area contributed by atoms with E-state index in [1.54, 1.807) is 13.0 Å². The molecule has 0 amide bonds. The molecule has 2 rings (SSSR count). The Balaban J connectivity index is 2.40. The van der Waals surface area contributed by atoms with Crippen molar-refractivity contribution in [1.82, 2.24) is 0 Å². The van der Waals surface area contributed by atoms with E-state index >= 15 is 0 Å². The topological polar surface area (TPSA) is 65.5 Å². The van der Waals surface area contributed by atoms with Crippen molar-refractivity contribution in [3.63, 3.8) is 0 Å². The number of anilines is 1. The Kier molecular flexibility index (Phi) is 3.80. The van der Waals surface area contributed by atoms with E-state index in [2.05, 4.69) is 4.74 Å². The highest BCUT2D eigenvalue weighted by molar-refractivity contribution is 7.99. The molecule has 4 nitrogen and oxygen atoms in total. The van der Waals surface area contributed by atoms with Crippen molar-refractivity contribution in [3.8, 4) is 0 Å². The van der Waals surface area contributed by atoms with Crippen LogP contribution in [0, 0.1) is 12.7 Å². The van der Waals surface area contributed by atoms with Crippen molar-refractivity contribution in [2.24, 2.45) is 0 Å². The molecule has 0 fully saturated rings. The van der Waals surface area contributed by atoms with Crippen LogP contribution in [0.5, 0.6) is 0 Å². The average molecular weight is 281 g/mol. The zero-order valence-electron chi connectivity index (χ0n) is 10.4. The highest BCUT2D eigenvalue weighted by Crippen LogP contribution is 2.34. The van der Waals surface area contributed by atoms with Gasteiger partial charge in [0.25, 0.3) is 0 Å². The largest absolute Gasteiger partial charge is 0.468 e. The van der Waals surface area contributed by atoms with Gasteiger partial charge < -0.3 is 14.9 Å². The van der Waals surface area contributed by atoms with Crippen LogP contribution in [0.15, 0.2) is 38.7 Å². The van der Waals surface area contributed by atoms with Gasteiger partial charge in [0.2, 0.25) is 0 Å². The molecule has 0 aliphatic rings. The predicted molar refractivity (Wildman–Crippen MR) is 69.7 cm³/mol. The van der Waals surface area contributed by atoms with Crippen LogP contribution in [-0.2, 0) is 4.74 Å². The summed E-state index contributed by atoms with van der Waals surface area (Å²) in [5, 5.41) is 0. The first-order valence-electron chi connectivity index (χ1n) is 5.42. The van der Waals surface area contributed by atoms with Gasteiger partial charge in [0, 0.05) is 10.6 Å². The number of carbonyl (C=O) groups is 1. The van der Waals surface area contributed by atoms with E-state index < -0.39 is 11.8 Å². The predicted octanol–water partition coefficient (Wildman–Crippen LogP) is 3.25. The van der Waals surface area contributed by atoms with Crippen molar-refractivity contribution in [1.29, 1.82) is 0 Å². The molecule has 100 valence electrons. The maximum absolute atomic E-state index is 13.8. The van der Waals surface area contributed by atoms with Crippen LogP contribution < -0.4 is 5.73 Å². The molecule has 1 aromatic carbocycles. The zero-order chi connectivity index (χ0) is 14.0. The van der Waals surface area contributed by atoms with Crippen LogP contribution >= 0.6 is 11.8 Å². The number of aryl methyl sites for hydroxylation is 1. The lowest BCUT2D eigenvalue weighted by Gasteiger charge is -2.08. The number of benzene rings is 1. The highest BCUT2D eigenvalue weighted by atomic mass is 32.2. The number of carbonyl (C=O) groups excluding carboxylic acids is 1. The maximum atomic E-state index is 13.8. The maximum Gasteiger partial charge on any atom is 0.339 e. The van der Waals surface area contributed by atoms with E-state index in [0.717, 1.165) is 11.0 Å². The summed E-state index contributed by atoms with van der Waals surface area (Å²) < 4.78 is 23.6. The summed E-state index contributed by atoms with van der Waals surface area (Å²) in [7, 11) is 1.25. The normalized spacial score (nSPS) is 10.5. The molecule has 1 heterocycles. The van der Waals surface area contributed by atoms with Gasteiger partial charge in [-0.1, -0.05) is 11.8 Å². The Morgan fingerprint density at radius 3 is 2.74 bits per heavy atom. The third-order valence-electron chi connectivity index (χ3n) is 2.54. The SMILES string of the molecule is COC(=O)c1cc(Sc2ccoc2C)c(F)cc1N. The summed E-state index contributed by atoms with van der Waals surface area (Å²) >= 11 is 1.17. The Morgan fingerprint density at radius 1 is 1.42 bits per heavy atom. The molecule has 0 saturated carbocycles. The zero-order valence-corrected chi connectivity index (χ0v) is 11.2. The molecule has 0 atom stereocenters. The fourth-order valence-corrected chi connectivity index (χ4v) is 2.42. The smallest absolute Gasteiger partial charge is 0.339 e. The molecule has 0 unspecified atom stereocenters. The summed E-state index contributed by atoms with van der Waals surface area (Å²) in [5.74, 6) is -0.403. The number of hydrogen-bond donors (Lipinski definition) is 1. The second-order valence-electron chi connectivity index (χ2n) is 3.80. The van der Waals surface area contributed by atoms with Gasteiger partial charge in [0.05, 0.1) is 23.8 Å². The van der Waals surface area contributed by atoms with Crippen LogP contribution in [0.4, 0.5) is 10.1 Å². The van der Waals surface area contributed by atoms with Crippen LogP contribution in [-0.4, -0.2) is 13.1 Å². The van der Waals surface area contributed by atoms with Gasteiger partial charge in [-0.05, 0) is 25.1 Å². The Hall–Kier alpha value is -1.95. The third kappa shape index (κ3) is 2.73. The summed E-state index contributed by atoms with van der Waals surface area (Å²) in [6.45, 7) is 1.78. The molecular formula is C13H12FNO3S. The van der Waals surface area contributed by atoms with Crippen molar-refractivity contribution >= 4 is 23.4 Å². The second-order valence-corrected chi connectivity index (χ2v) is 4.89.